The van der Waals surface area contributed by atoms with E-state index in [4.69, 9.17) is 0 Å². The fraction of sp³-hybridized carbons (Fsp3) is 0.267. The smallest absolute Gasteiger partial charge is 0.324 e. The first-order valence-corrected chi connectivity index (χ1v) is 6.36. The molecule has 0 spiro atoms. The lowest BCUT2D eigenvalue weighted by Crippen LogP contribution is -2.44. The second-order valence-electron chi connectivity index (χ2n) is 4.04. The quantitative estimate of drug-likeness (QED) is 0.803. The number of hydrogen-bond acceptors (Lipinski definition) is 3. The highest BCUT2D eigenvalue weighted by Crippen LogP contribution is 2.02. The first-order valence-electron chi connectivity index (χ1n) is 6.36. The molecule has 0 atom stereocenters. The number of nitrogens with one attached hydrogen (secondary N) is 1. The number of amides is 3. The lowest BCUT2D eigenvalue weighted by atomic mass is 10.2. The van der Waals surface area contributed by atoms with Gasteiger partial charge >= 0.3 is 6.03 Å². The van der Waals surface area contributed by atoms with E-state index in [0.29, 0.717) is 6.54 Å². The molecule has 0 saturated carbocycles. The summed E-state index contributed by atoms with van der Waals surface area (Å²) >= 11 is 0. The van der Waals surface area contributed by atoms with Gasteiger partial charge in [0, 0.05) is 12.6 Å². The van der Waals surface area contributed by atoms with Crippen LogP contribution in [0, 0.1) is 0 Å². The zero-order chi connectivity index (χ0) is 14.8. The average Bonchev–Trinajstić information content (AvgIpc) is 2.49. The Morgan fingerprint density at radius 3 is 2.60 bits per heavy atom. The summed E-state index contributed by atoms with van der Waals surface area (Å²) in [6.07, 6.45) is 5.17. The van der Waals surface area contributed by atoms with Gasteiger partial charge in [-0.2, -0.15) is 0 Å². The fourth-order valence-electron chi connectivity index (χ4n) is 1.46. The number of carbonyl (C=O) groups excluding carboxylic acids is 3. The van der Waals surface area contributed by atoms with Crippen molar-refractivity contribution in [2.24, 2.45) is 0 Å². The van der Waals surface area contributed by atoms with Crippen molar-refractivity contribution in [1.29, 1.82) is 0 Å². The monoisotopic (exact) mass is 273 g/mol. The van der Waals surface area contributed by atoms with Gasteiger partial charge in [0.2, 0.25) is 6.29 Å². The molecule has 0 fully saturated rings. The van der Waals surface area contributed by atoms with E-state index in [9.17, 15) is 14.4 Å². The molecular weight excluding hydrogens is 256 g/mol. The summed E-state index contributed by atoms with van der Waals surface area (Å²) in [6, 6.07) is 8.63. The van der Waals surface area contributed by atoms with Gasteiger partial charge in [-0.25, -0.2) is 4.79 Å². The summed E-state index contributed by atoms with van der Waals surface area (Å²) in [5.74, 6) is -0.550. The summed E-state index contributed by atoms with van der Waals surface area (Å²) in [7, 11) is 0. The Hall–Kier alpha value is -2.43. The maximum atomic E-state index is 11.9. The Balaban J connectivity index is 2.71. The van der Waals surface area contributed by atoms with Crippen LogP contribution < -0.4 is 5.32 Å². The second-order valence-corrected chi connectivity index (χ2v) is 4.04. The van der Waals surface area contributed by atoms with Crippen LogP contribution in [0.4, 0.5) is 4.79 Å². The van der Waals surface area contributed by atoms with E-state index in [-0.39, 0.29) is 6.54 Å². The van der Waals surface area contributed by atoms with Crippen LogP contribution in [0.1, 0.15) is 18.9 Å². The SMILES string of the molecule is CCCNC(=O)N(C[C]=O)C(=O)C=Cc1ccccc1. The molecule has 5 nitrogen and oxygen atoms in total. The molecule has 0 aliphatic rings. The van der Waals surface area contributed by atoms with E-state index < -0.39 is 11.9 Å². The van der Waals surface area contributed by atoms with Crippen LogP contribution in [0.3, 0.4) is 0 Å². The molecule has 5 heteroatoms. The molecule has 1 aromatic carbocycles. The zero-order valence-corrected chi connectivity index (χ0v) is 11.3. The lowest BCUT2D eigenvalue weighted by Gasteiger charge is -2.16. The molecule has 1 rings (SSSR count). The standard InChI is InChI=1S/C15H17N2O3/c1-2-10-16-15(20)17(11-12-18)14(19)9-8-13-6-4-3-5-7-13/h3-9H,2,10-11H2,1H3,(H,16,20). The normalized spacial score (nSPS) is 10.2. The third-order valence-electron chi connectivity index (χ3n) is 2.48. The Morgan fingerprint density at radius 1 is 1.30 bits per heavy atom. The topological polar surface area (TPSA) is 66.5 Å². The summed E-state index contributed by atoms with van der Waals surface area (Å²) in [5.41, 5.74) is 0.838. The first kappa shape index (κ1) is 15.6. The summed E-state index contributed by atoms with van der Waals surface area (Å²) in [4.78, 5) is 34.9. The van der Waals surface area contributed by atoms with Crippen molar-refractivity contribution in [3.8, 4) is 0 Å². The van der Waals surface area contributed by atoms with Crippen molar-refractivity contribution in [2.45, 2.75) is 13.3 Å². The van der Waals surface area contributed by atoms with Crippen LogP contribution in [-0.2, 0) is 9.59 Å². The highest BCUT2D eigenvalue weighted by atomic mass is 16.2. The minimum atomic E-state index is -0.585. The van der Waals surface area contributed by atoms with Gasteiger partial charge in [-0.15, -0.1) is 0 Å². The van der Waals surface area contributed by atoms with Crippen molar-refractivity contribution in [1.82, 2.24) is 10.2 Å². The molecule has 0 aromatic heterocycles. The molecule has 1 N–H and O–H groups in total. The van der Waals surface area contributed by atoms with Crippen LogP contribution in [0.15, 0.2) is 36.4 Å². The van der Waals surface area contributed by atoms with Crippen molar-refractivity contribution < 1.29 is 14.4 Å². The third-order valence-corrected chi connectivity index (χ3v) is 2.48. The number of imide groups is 1. The third kappa shape index (κ3) is 5.06. The molecule has 1 radical (unpaired) electrons. The molecule has 0 saturated heterocycles. The number of benzene rings is 1. The van der Waals surface area contributed by atoms with E-state index in [1.54, 1.807) is 12.4 Å². The van der Waals surface area contributed by atoms with Gasteiger partial charge in [0.25, 0.3) is 5.91 Å². The highest BCUT2D eigenvalue weighted by molar-refractivity contribution is 6.03. The maximum Gasteiger partial charge on any atom is 0.324 e. The van der Waals surface area contributed by atoms with Gasteiger partial charge in [-0.05, 0) is 18.1 Å². The van der Waals surface area contributed by atoms with Crippen LogP contribution >= 0.6 is 0 Å². The fourth-order valence-corrected chi connectivity index (χ4v) is 1.46. The molecule has 0 heterocycles. The summed E-state index contributed by atoms with van der Waals surface area (Å²) in [6.45, 7) is 1.96. The Labute approximate surface area is 118 Å². The van der Waals surface area contributed by atoms with Crippen molar-refractivity contribution in [3.05, 3.63) is 42.0 Å². The number of urea groups is 1. The second kappa shape index (κ2) is 8.63. The Bertz CT molecular complexity index is 483. The first-order chi connectivity index (χ1) is 9.69. The molecule has 0 bridgehead atoms. The minimum Gasteiger partial charge on any atom is -0.338 e. The van der Waals surface area contributed by atoms with E-state index in [1.807, 2.05) is 37.3 Å². The molecule has 0 unspecified atom stereocenters. The van der Waals surface area contributed by atoms with E-state index in [0.717, 1.165) is 16.9 Å². The molecule has 1 aromatic rings. The van der Waals surface area contributed by atoms with Gasteiger partial charge in [-0.3, -0.25) is 14.5 Å². The molecule has 105 valence electrons. The van der Waals surface area contributed by atoms with Crippen LogP contribution in [0.25, 0.3) is 6.08 Å². The summed E-state index contributed by atoms with van der Waals surface area (Å²) < 4.78 is 0. The van der Waals surface area contributed by atoms with Crippen molar-refractivity contribution in [2.75, 3.05) is 13.1 Å². The van der Waals surface area contributed by atoms with Gasteiger partial charge < -0.3 is 5.32 Å². The molecule has 0 aliphatic carbocycles. The van der Waals surface area contributed by atoms with Gasteiger partial charge in [0.05, 0.1) is 6.54 Å². The largest absolute Gasteiger partial charge is 0.338 e. The minimum absolute atomic E-state index is 0.381. The van der Waals surface area contributed by atoms with E-state index in [1.165, 1.54) is 6.08 Å². The zero-order valence-electron chi connectivity index (χ0n) is 11.3. The Kier molecular flexibility index (Phi) is 6.75. The average molecular weight is 273 g/mol. The molecule has 0 aliphatic heterocycles. The van der Waals surface area contributed by atoms with Gasteiger partial charge in [0.15, 0.2) is 0 Å². The predicted molar refractivity (Wildman–Crippen MR) is 76.6 cm³/mol. The van der Waals surface area contributed by atoms with Crippen molar-refractivity contribution >= 4 is 24.3 Å². The van der Waals surface area contributed by atoms with E-state index >= 15 is 0 Å². The highest BCUT2D eigenvalue weighted by Gasteiger charge is 2.18. The van der Waals surface area contributed by atoms with E-state index in [2.05, 4.69) is 5.32 Å². The summed E-state index contributed by atoms with van der Waals surface area (Å²) in [5, 5.41) is 2.55. The van der Waals surface area contributed by atoms with Crippen LogP contribution in [0.2, 0.25) is 0 Å². The number of hydrogen-bond donors (Lipinski definition) is 1. The number of nitrogens with zero attached hydrogens (tertiary/aromatic N) is 1. The number of rotatable bonds is 6. The van der Waals surface area contributed by atoms with Crippen molar-refractivity contribution in [3.63, 3.8) is 0 Å². The van der Waals surface area contributed by atoms with Crippen LogP contribution in [0.5, 0.6) is 0 Å². The molecule has 3 amide bonds. The number of carbonyl (C=O) groups is 2. The lowest BCUT2D eigenvalue weighted by molar-refractivity contribution is -0.122. The Morgan fingerprint density at radius 2 is 2.00 bits per heavy atom. The molecule has 20 heavy (non-hydrogen) atoms. The van der Waals surface area contributed by atoms with Gasteiger partial charge in [0.1, 0.15) is 0 Å². The maximum absolute atomic E-state index is 11.9. The predicted octanol–water partition coefficient (Wildman–Crippen LogP) is 1.76. The van der Waals surface area contributed by atoms with Crippen LogP contribution in [-0.4, -0.2) is 36.2 Å². The molecular formula is C15H17N2O3. The van der Waals surface area contributed by atoms with Gasteiger partial charge in [-0.1, -0.05) is 37.3 Å².